The third kappa shape index (κ3) is 7.35. The summed E-state index contributed by atoms with van der Waals surface area (Å²) in [6, 6.07) is 8.26. The molecule has 1 fully saturated rings. The van der Waals surface area contributed by atoms with Gasteiger partial charge in [0.1, 0.15) is 0 Å². The molecular formula is C23H39N5O. The summed E-state index contributed by atoms with van der Waals surface area (Å²) >= 11 is 0. The van der Waals surface area contributed by atoms with Crippen molar-refractivity contribution >= 4 is 11.9 Å². The van der Waals surface area contributed by atoms with Crippen LogP contribution in [0.2, 0.25) is 0 Å². The third-order valence-electron chi connectivity index (χ3n) is 5.65. The van der Waals surface area contributed by atoms with Gasteiger partial charge in [-0.15, -0.1) is 0 Å². The van der Waals surface area contributed by atoms with Crippen LogP contribution >= 0.6 is 0 Å². The topological polar surface area (TPSA) is 60.0 Å². The van der Waals surface area contributed by atoms with Crippen molar-refractivity contribution in [1.82, 2.24) is 20.4 Å². The van der Waals surface area contributed by atoms with Crippen molar-refractivity contribution in [2.45, 2.75) is 52.1 Å². The third-order valence-corrected chi connectivity index (χ3v) is 5.65. The Bertz CT molecular complexity index is 646. The van der Waals surface area contributed by atoms with Gasteiger partial charge in [-0.3, -0.25) is 14.7 Å². The number of guanidine groups is 1. The summed E-state index contributed by atoms with van der Waals surface area (Å²) in [5.41, 5.74) is 1.83. The Morgan fingerprint density at radius 2 is 1.69 bits per heavy atom. The lowest BCUT2D eigenvalue weighted by molar-refractivity contribution is 0.0827. The minimum absolute atomic E-state index is 0.0234. The van der Waals surface area contributed by atoms with Gasteiger partial charge in [0.05, 0.1) is 0 Å². The summed E-state index contributed by atoms with van der Waals surface area (Å²) in [5.74, 6) is 1.44. The van der Waals surface area contributed by atoms with Crippen LogP contribution in [-0.4, -0.2) is 68.5 Å². The molecule has 2 rings (SSSR count). The monoisotopic (exact) mass is 401 g/mol. The van der Waals surface area contributed by atoms with E-state index >= 15 is 0 Å². The Labute approximate surface area is 176 Å². The van der Waals surface area contributed by atoms with E-state index in [0.29, 0.717) is 24.1 Å². The molecule has 2 N–H and O–H groups in total. The molecule has 0 radical (unpaired) electrons. The molecule has 162 valence electrons. The van der Waals surface area contributed by atoms with Gasteiger partial charge in [0.25, 0.3) is 5.91 Å². The summed E-state index contributed by atoms with van der Waals surface area (Å²) in [5, 5.41) is 6.91. The molecule has 1 saturated heterocycles. The Hall–Kier alpha value is -2.08. The summed E-state index contributed by atoms with van der Waals surface area (Å²) in [4.78, 5) is 20.6. The van der Waals surface area contributed by atoms with Gasteiger partial charge in [-0.1, -0.05) is 38.8 Å². The Morgan fingerprint density at radius 1 is 1.07 bits per heavy atom. The number of hydrogen-bond donors (Lipinski definition) is 2. The number of hydrogen-bond acceptors (Lipinski definition) is 3. The first-order chi connectivity index (χ1) is 13.9. The molecular weight excluding hydrogens is 362 g/mol. The maximum Gasteiger partial charge on any atom is 0.253 e. The van der Waals surface area contributed by atoms with Crippen molar-refractivity contribution in [2.75, 3.05) is 40.8 Å². The van der Waals surface area contributed by atoms with E-state index in [-0.39, 0.29) is 5.91 Å². The summed E-state index contributed by atoms with van der Waals surface area (Å²) in [6.45, 7) is 8.59. The number of aliphatic imine (C=N–C) groups is 1. The molecule has 1 aromatic carbocycles. The van der Waals surface area contributed by atoms with E-state index in [0.717, 1.165) is 18.1 Å². The molecule has 0 aromatic heterocycles. The molecule has 1 aliphatic heterocycles. The molecule has 1 atom stereocenters. The van der Waals surface area contributed by atoms with Crippen molar-refractivity contribution in [3.8, 4) is 0 Å². The Kier molecular flexibility index (Phi) is 9.45. The van der Waals surface area contributed by atoms with Crippen molar-refractivity contribution in [1.29, 1.82) is 0 Å². The van der Waals surface area contributed by atoms with Crippen LogP contribution in [0, 0.1) is 5.92 Å². The average molecular weight is 402 g/mol. The van der Waals surface area contributed by atoms with Crippen LogP contribution in [-0.2, 0) is 6.54 Å². The van der Waals surface area contributed by atoms with Crippen molar-refractivity contribution < 1.29 is 4.79 Å². The minimum atomic E-state index is 0.0234. The predicted octanol–water partition coefficient (Wildman–Crippen LogP) is 2.95. The lowest BCUT2D eigenvalue weighted by Crippen LogP contribution is -2.49. The van der Waals surface area contributed by atoms with Crippen LogP contribution in [0.5, 0.6) is 0 Å². The van der Waals surface area contributed by atoms with Crippen molar-refractivity contribution in [3.05, 3.63) is 35.4 Å². The molecule has 0 spiro atoms. The number of nitrogens with one attached hydrogen (secondary N) is 2. The highest BCUT2D eigenvalue weighted by Crippen LogP contribution is 2.17. The first-order valence-electron chi connectivity index (χ1n) is 10.9. The fourth-order valence-corrected chi connectivity index (χ4v) is 3.84. The summed E-state index contributed by atoms with van der Waals surface area (Å²) in [7, 11) is 5.34. The molecule has 1 aromatic rings. The normalized spacial score (nSPS) is 17.0. The molecule has 0 saturated carbocycles. The minimum Gasteiger partial charge on any atom is -0.355 e. The summed E-state index contributed by atoms with van der Waals surface area (Å²) < 4.78 is 0. The van der Waals surface area contributed by atoms with Crippen LogP contribution in [0.4, 0.5) is 0 Å². The van der Waals surface area contributed by atoms with Crippen LogP contribution in [0.1, 0.15) is 55.5 Å². The maximum absolute atomic E-state index is 12.0. The predicted molar refractivity (Wildman–Crippen MR) is 121 cm³/mol. The first kappa shape index (κ1) is 23.2. The molecule has 1 amide bonds. The zero-order valence-corrected chi connectivity index (χ0v) is 18.9. The highest BCUT2D eigenvalue weighted by atomic mass is 16.2. The SMILES string of the molecule is CN=C(NCc1ccc(C(=O)N(C)C)cc1)NCC(C(C)C)N1CCCCCC1. The molecule has 0 aliphatic carbocycles. The largest absolute Gasteiger partial charge is 0.355 e. The van der Waals surface area contributed by atoms with Crippen LogP contribution in [0.15, 0.2) is 29.3 Å². The zero-order chi connectivity index (χ0) is 21.2. The number of carbonyl (C=O) groups is 1. The van der Waals surface area contributed by atoms with E-state index in [4.69, 9.17) is 0 Å². The van der Waals surface area contributed by atoms with Gasteiger partial charge in [-0.25, -0.2) is 0 Å². The van der Waals surface area contributed by atoms with E-state index in [1.54, 1.807) is 19.0 Å². The van der Waals surface area contributed by atoms with E-state index in [1.807, 2.05) is 31.3 Å². The smallest absolute Gasteiger partial charge is 0.253 e. The standard InChI is InChI=1S/C23H39N5O/c1-18(2)21(28-14-8-6-7-9-15-28)17-26-23(24-3)25-16-19-10-12-20(13-11-19)22(29)27(4)5/h10-13,18,21H,6-9,14-17H2,1-5H3,(H2,24,25,26). The van der Waals surface area contributed by atoms with Crippen LogP contribution in [0.3, 0.4) is 0 Å². The van der Waals surface area contributed by atoms with E-state index in [2.05, 4.69) is 34.4 Å². The summed E-state index contributed by atoms with van der Waals surface area (Å²) in [6.07, 6.45) is 5.33. The van der Waals surface area contributed by atoms with Gasteiger partial charge in [-0.2, -0.15) is 0 Å². The van der Waals surface area contributed by atoms with Crippen LogP contribution in [0.25, 0.3) is 0 Å². The van der Waals surface area contributed by atoms with Crippen LogP contribution < -0.4 is 10.6 Å². The van der Waals surface area contributed by atoms with Crippen molar-refractivity contribution in [2.24, 2.45) is 10.9 Å². The highest BCUT2D eigenvalue weighted by molar-refractivity contribution is 5.93. The molecule has 0 bridgehead atoms. The number of carbonyl (C=O) groups excluding carboxylic acids is 1. The molecule has 29 heavy (non-hydrogen) atoms. The van der Waals surface area contributed by atoms with Gasteiger partial charge in [0.2, 0.25) is 0 Å². The number of likely N-dealkylation sites (tertiary alicyclic amines) is 1. The average Bonchev–Trinajstić information content (AvgIpc) is 2.99. The van der Waals surface area contributed by atoms with Crippen molar-refractivity contribution in [3.63, 3.8) is 0 Å². The second-order valence-corrected chi connectivity index (χ2v) is 8.46. The van der Waals surface area contributed by atoms with Gasteiger partial charge < -0.3 is 15.5 Å². The van der Waals surface area contributed by atoms with Gasteiger partial charge in [0.15, 0.2) is 5.96 Å². The lowest BCUT2D eigenvalue weighted by Gasteiger charge is -2.34. The van der Waals surface area contributed by atoms with E-state index < -0.39 is 0 Å². The Morgan fingerprint density at radius 3 is 2.21 bits per heavy atom. The van der Waals surface area contributed by atoms with E-state index in [1.165, 1.54) is 38.8 Å². The second kappa shape index (κ2) is 11.8. The number of nitrogens with zero attached hydrogens (tertiary/aromatic N) is 3. The quantitative estimate of drug-likeness (QED) is 0.545. The zero-order valence-electron chi connectivity index (χ0n) is 18.9. The highest BCUT2D eigenvalue weighted by Gasteiger charge is 2.22. The fourth-order valence-electron chi connectivity index (χ4n) is 3.84. The van der Waals surface area contributed by atoms with Gasteiger partial charge in [0, 0.05) is 45.8 Å². The number of benzene rings is 1. The molecule has 6 nitrogen and oxygen atoms in total. The molecule has 1 heterocycles. The maximum atomic E-state index is 12.0. The van der Waals surface area contributed by atoms with E-state index in [9.17, 15) is 4.79 Å². The number of rotatable bonds is 7. The number of amides is 1. The molecule has 1 unspecified atom stereocenters. The molecule has 6 heteroatoms. The first-order valence-corrected chi connectivity index (χ1v) is 10.9. The van der Waals surface area contributed by atoms with Gasteiger partial charge >= 0.3 is 0 Å². The lowest BCUT2D eigenvalue weighted by atomic mass is 10.0. The fraction of sp³-hybridized carbons (Fsp3) is 0.652. The van der Waals surface area contributed by atoms with Gasteiger partial charge in [-0.05, 0) is 49.5 Å². The molecule has 1 aliphatic rings. The second-order valence-electron chi connectivity index (χ2n) is 8.46. The Balaban J connectivity index is 1.87.